The van der Waals surface area contributed by atoms with Crippen molar-refractivity contribution in [3.63, 3.8) is 0 Å². The number of benzene rings is 1. The Labute approximate surface area is 115 Å². The molecule has 0 saturated carbocycles. The van der Waals surface area contributed by atoms with Gasteiger partial charge in [-0.05, 0) is 29.7 Å². The first-order chi connectivity index (χ1) is 8.38. The standard InChI is InChI=1S/C13H16BrN3O/c1-13(2,3)10(15)12-16-11(17-18-12)8-4-6-9(14)7-5-8/h4-7,10H,15H2,1-3H3/t10-/m1/s1. The summed E-state index contributed by atoms with van der Waals surface area (Å²) in [5.74, 6) is 1.04. The highest BCUT2D eigenvalue weighted by atomic mass is 79.9. The average Bonchev–Trinajstić information content (AvgIpc) is 2.77. The topological polar surface area (TPSA) is 64.9 Å². The fourth-order valence-electron chi connectivity index (χ4n) is 1.45. The number of hydrogen-bond donors (Lipinski definition) is 1. The van der Waals surface area contributed by atoms with Crippen LogP contribution < -0.4 is 5.73 Å². The lowest BCUT2D eigenvalue weighted by Gasteiger charge is -2.23. The molecule has 2 N–H and O–H groups in total. The van der Waals surface area contributed by atoms with Gasteiger partial charge in [0.1, 0.15) is 0 Å². The molecule has 18 heavy (non-hydrogen) atoms. The van der Waals surface area contributed by atoms with E-state index in [4.69, 9.17) is 10.3 Å². The quantitative estimate of drug-likeness (QED) is 0.921. The van der Waals surface area contributed by atoms with Crippen LogP contribution in [0.2, 0.25) is 0 Å². The molecule has 0 spiro atoms. The van der Waals surface area contributed by atoms with Gasteiger partial charge in [-0.2, -0.15) is 4.98 Å². The lowest BCUT2D eigenvalue weighted by atomic mass is 9.87. The third-order valence-corrected chi connectivity index (χ3v) is 3.27. The van der Waals surface area contributed by atoms with E-state index in [1.54, 1.807) is 0 Å². The Hall–Kier alpha value is -1.20. The first kappa shape index (κ1) is 13.2. The lowest BCUT2D eigenvalue weighted by Crippen LogP contribution is -2.26. The number of nitrogens with two attached hydrogens (primary N) is 1. The van der Waals surface area contributed by atoms with Crippen LogP contribution >= 0.6 is 15.9 Å². The molecule has 96 valence electrons. The molecular formula is C13H16BrN3O. The molecule has 0 bridgehead atoms. The Kier molecular flexibility index (Phi) is 3.54. The van der Waals surface area contributed by atoms with E-state index in [-0.39, 0.29) is 11.5 Å². The molecular weight excluding hydrogens is 294 g/mol. The zero-order chi connectivity index (χ0) is 13.3. The second kappa shape index (κ2) is 4.82. The third kappa shape index (κ3) is 2.79. The summed E-state index contributed by atoms with van der Waals surface area (Å²) in [5, 5.41) is 3.97. The van der Waals surface area contributed by atoms with Crippen LogP contribution in [0.3, 0.4) is 0 Å². The number of aromatic nitrogens is 2. The van der Waals surface area contributed by atoms with Crippen LogP contribution in [0, 0.1) is 5.41 Å². The Morgan fingerprint density at radius 3 is 2.39 bits per heavy atom. The third-order valence-electron chi connectivity index (χ3n) is 2.74. The average molecular weight is 310 g/mol. The van der Waals surface area contributed by atoms with E-state index in [0.29, 0.717) is 11.7 Å². The van der Waals surface area contributed by atoms with Crippen molar-refractivity contribution in [2.24, 2.45) is 11.1 Å². The molecule has 1 aromatic carbocycles. The molecule has 1 atom stereocenters. The van der Waals surface area contributed by atoms with Gasteiger partial charge < -0.3 is 10.3 Å². The summed E-state index contributed by atoms with van der Waals surface area (Å²) in [7, 11) is 0. The molecule has 0 saturated heterocycles. The molecule has 0 fully saturated rings. The van der Waals surface area contributed by atoms with Gasteiger partial charge >= 0.3 is 0 Å². The summed E-state index contributed by atoms with van der Waals surface area (Å²) in [5.41, 5.74) is 6.89. The zero-order valence-corrected chi connectivity index (χ0v) is 12.2. The maximum atomic E-state index is 6.08. The van der Waals surface area contributed by atoms with Gasteiger partial charge in [0, 0.05) is 10.0 Å². The molecule has 2 aromatic rings. The summed E-state index contributed by atoms with van der Waals surface area (Å²) >= 11 is 3.39. The van der Waals surface area contributed by atoms with Crippen molar-refractivity contribution >= 4 is 15.9 Å². The summed E-state index contributed by atoms with van der Waals surface area (Å²) in [6.07, 6.45) is 0. The van der Waals surface area contributed by atoms with E-state index in [2.05, 4.69) is 26.1 Å². The van der Waals surface area contributed by atoms with Gasteiger partial charge in [0.15, 0.2) is 0 Å². The van der Waals surface area contributed by atoms with Crippen LogP contribution in [0.5, 0.6) is 0 Å². The molecule has 0 radical (unpaired) electrons. The highest BCUT2D eigenvalue weighted by Crippen LogP contribution is 2.30. The van der Waals surface area contributed by atoms with Crippen molar-refractivity contribution in [1.29, 1.82) is 0 Å². The number of nitrogens with zero attached hydrogens (tertiary/aromatic N) is 2. The SMILES string of the molecule is CC(C)(C)[C@H](N)c1nc(-c2ccc(Br)cc2)no1. The molecule has 4 nitrogen and oxygen atoms in total. The fraction of sp³-hybridized carbons (Fsp3) is 0.385. The van der Waals surface area contributed by atoms with Crippen LogP contribution in [0.4, 0.5) is 0 Å². The second-order valence-electron chi connectivity index (χ2n) is 5.31. The summed E-state index contributed by atoms with van der Waals surface area (Å²) < 4.78 is 6.25. The maximum absolute atomic E-state index is 6.08. The predicted molar refractivity (Wildman–Crippen MR) is 73.8 cm³/mol. The van der Waals surface area contributed by atoms with Crippen LogP contribution in [-0.2, 0) is 0 Å². The van der Waals surface area contributed by atoms with E-state index in [1.807, 2.05) is 45.0 Å². The molecule has 0 aliphatic heterocycles. The molecule has 0 unspecified atom stereocenters. The van der Waals surface area contributed by atoms with Crippen molar-refractivity contribution in [2.45, 2.75) is 26.8 Å². The van der Waals surface area contributed by atoms with E-state index in [0.717, 1.165) is 10.0 Å². The highest BCUT2D eigenvalue weighted by Gasteiger charge is 2.27. The predicted octanol–water partition coefficient (Wildman–Crippen LogP) is 3.55. The number of rotatable bonds is 2. The first-order valence-electron chi connectivity index (χ1n) is 5.73. The number of halogens is 1. The van der Waals surface area contributed by atoms with Crippen LogP contribution in [0.25, 0.3) is 11.4 Å². The summed E-state index contributed by atoms with van der Waals surface area (Å²) in [6.45, 7) is 6.13. The highest BCUT2D eigenvalue weighted by molar-refractivity contribution is 9.10. The first-order valence-corrected chi connectivity index (χ1v) is 6.52. The van der Waals surface area contributed by atoms with Crippen LogP contribution in [0.15, 0.2) is 33.3 Å². The van der Waals surface area contributed by atoms with Gasteiger partial charge in [-0.1, -0.05) is 41.9 Å². The van der Waals surface area contributed by atoms with Crippen molar-refractivity contribution in [1.82, 2.24) is 10.1 Å². The maximum Gasteiger partial charge on any atom is 0.244 e. The van der Waals surface area contributed by atoms with Gasteiger partial charge in [-0.3, -0.25) is 0 Å². The Morgan fingerprint density at radius 2 is 1.83 bits per heavy atom. The van der Waals surface area contributed by atoms with Crippen molar-refractivity contribution in [3.8, 4) is 11.4 Å². The van der Waals surface area contributed by atoms with E-state index >= 15 is 0 Å². The van der Waals surface area contributed by atoms with E-state index in [1.165, 1.54) is 0 Å². The molecule has 1 heterocycles. The molecule has 5 heteroatoms. The van der Waals surface area contributed by atoms with Gasteiger partial charge in [-0.15, -0.1) is 0 Å². The van der Waals surface area contributed by atoms with Crippen molar-refractivity contribution in [2.75, 3.05) is 0 Å². The number of hydrogen-bond acceptors (Lipinski definition) is 4. The molecule has 1 aromatic heterocycles. The fourth-order valence-corrected chi connectivity index (χ4v) is 1.71. The van der Waals surface area contributed by atoms with Gasteiger partial charge in [0.2, 0.25) is 11.7 Å². The minimum absolute atomic E-state index is 0.108. The zero-order valence-electron chi connectivity index (χ0n) is 10.6. The van der Waals surface area contributed by atoms with Gasteiger partial charge in [0.05, 0.1) is 6.04 Å². The minimum atomic E-state index is -0.269. The van der Waals surface area contributed by atoms with Crippen molar-refractivity contribution < 1.29 is 4.52 Å². The largest absolute Gasteiger partial charge is 0.337 e. The molecule has 0 aliphatic rings. The Morgan fingerprint density at radius 1 is 1.22 bits per heavy atom. The van der Waals surface area contributed by atoms with Crippen LogP contribution in [0.1, 0.15) is 32.7 Å². The van der Waals surface area contributed by atoms with Crippen LogP contribution in [-0.4, -0.2) is 10.1 Å². The summed E-state index contributed by atoms with van der Waals surface area (Å²) in [4.78, 5) is 4.36. The molecule has 0 amide bonds. The van der Waals surface area contributed by atoms with Gasteiger partial charge in [-0.25, -0.2) is 0 Å². The van der Waals surface area contributed by atoms with E-state index in [9.17, 15) is 0 Å². The Balaban J connectivity index is 2.28. The molecule has 2 rings (SSSR count). The van der Waals surface area contributed by atoms with E-state index < -0.39 is 0 Å². The smallest absolute Gasteiger partial charge is 0.244 e. The minimum Gasteiger partial charge on any atom is -0.337 e. The monoisotopic (exact) mass is 309 g/mol. The van der Waals surface area contributed by atoms with Crippen molar-refractivity contribution in [3.05, 3.63) is 34.6 Å². The van der Waals surface area contributed by atoms with Gasteiger partial charge in [0.25, 0.3) is 0 Å². The molecule has 0 aliphatic carbocycles. The second-order valence-corrected chi connectivity index (χ2v) is 6.22. The summed E-state index contributed by atoms with van der Waals surface area (Å²) in [6, 6.07) is 7.47. The normalized spacial score (nSPS) is 13.6. The Bertz CT molecular complexity index is 528. The lowest BCUT2D eigenvalue weighted by molar-refractivity contribution is 0.253.